The van der Waals surface area contributed by atoms with Crippen LogP contribution in [0.1, 0.15) is 43.0 Å². The third-order valence-corrected chi connectivity index (χ3v) is 3.89. The molecule has 0 aliphatic heterocycles. The summed E-state index contributed by atoms with van der Waals surface area (Å²) in [7, 11) is 0. The van der Waals surface area contributed by atoms with Crippen molar-refractivity contribution in [3.63, 3.8) is 0 Å². The van der Waals surface area contributed by atoms with Gasteiger partial charge in [-0.2, -0.15) is 13.2 Å². The third kappa shape index (κ3) is 7.77. The van der Waals surface area contributed by atoms with Gasteiger partial charge in [0.1, 0.15) is 12.0 Å². The predicted molar refractivity (Wildman–Crippen MR) is 109 cm³/mol. The zero-order chi connectivity index (χ0) is 19.0. The minimum Gasteiger partial charge on any atom is -0.364 e. The number of guanidine groups is 1. The van der Waals surface area contributed by atoms with Crippen LogP contribution in [0.3, 0.4) is 0 Å². The molecule has 1 aromatic carbocycles. The number of aromatic nitrogens is 1. The summed E-state index contributed by atoms with van der Waals surface area (Å²) < 4.78 is 43.2. The van der Waals surface area contributed by atoms with Gasteiger partial charge in [-0.05, 0) is 30.9 Å². The van der Waals surface area contributed by atoms with Gasteiger partial charge in [0.05, 0.1) is 12.1 Å². The van der Waals surface area contributed by atoms with E-state index in [0.717, 1.165) is 11.8 Å². The molecule has 1 heterocycles. The van der Waals surface area contributed by atoms with E-state index in [1.165, 1.54) is 18.4 Å². The van der Waals surface area contributed by atoms with Gasteiger partial charge in [-0.15, -0.1) is 24.0 Å². The minimum atomic E-state index is -4.32. The fraction of sp³-hybridized carbons (Fsp3) is 0.444. The Labute approximate surface area is 173 Å². The van der Waals surface area contributed by atoms with Crippen LogP contribution in [0.5, 0.6) is 0 Å². The van der Waals surface area contributed by atoms with E-state index < -0.39 is 11.7 Å². The van der Waals surface area contributed by atoms with Gasteiger partial charge in [0.2, 0.25) is 0 Å². The van der Waals surface area contributed by atoms with Crippen LogP contribution in [-0.2, 0) is 12.7 Å². The van der Waals surface area contributed by atoms with E-state index in [9.17, 15) is 13.2 Å². The Balaban J connectivity index is 0.00000364. The van der Waals surface area contributed by atoms with E-state index >= 15 is 0 Å². The van der Waals surface area contributed by atoms with Crippen LogP contribution in [0.4, 0.5) is 13.2 Å². The number of nitrogens with one attached hydrogen (secondary N) is 2. The normalized spacial score (nSPS) is 13.0. The average molecular weight is 496 g/mol. The summed E-state index contributed by atoms with van der Waals surface area (Å²) in [6.07, 6.45) is -2.16. The van der Waals surface area contributed by atoms with Crippen molar-refractivity contribution in [2.75, 3.05) is 13.1 Å². The molecular weight excluding hydrogens is 472 g/mol. The topological polar surface area (TPSA) is 62.5 Å². The maximum Gasteiger partial charge on any atom is 0.416 e. The molecule has 5 nitrogen and oxygen atoms in total. The summed E-state index contributed by atoms with van der Waals surface area (Å²) in [6.45, 7) is 5.54. The Morgan fingerprint density at radius 3 is 2.67 bits per heavy atom. The maximum absolute atomic E-state index is 12.8. The molecule has 0 saturated carbocycles. The molecular formula is C18H24F3IN4O. The summed E-state index contributed by atoms with van der Waals surface area (Å²) >= 11 is 0. The number of benzene rings is 1. The number of rotatable bonds is 7. The monoisotopic (exact) mass is 496 g/mol. The van der Waals surface area contributed by atoms with E-state index in [4.69, 9.17) is 4.52 Å². The highest BCUT2D eigenvalue weighted by Gasteiger charge is 2.30. The van der Waals surface area contributed by atoms with Crippen LogP contribution in [0.25, 0.3) is 0 Å². The predicted octanol–water partition coefficient (Wildman–Crippen LogP) is 4.56. The number of aliphatic imine (C=N–C) groups is 1. The Morgan fingerprint density at radius 1 is 1.26 bits per heavy atom. The van der Waals surface area contributed by atoms with Crippen molar-refractivity contribution in [2.24, 2.45) is 4.99 Å². The van der Waals surface area contributed by atoms with Crippen molar-refractivity contribution in [1.29, 1.82) is 0 Å². The second-order valence-electron chi connectivity index (χ2n) is 5.93. The number of nitrogens with zero attached hydrogens (tertiary/aromatic N) is 2. The van der Waals surface area contributed by atoms with Gasteiger partial charge in [0.15, 0.2) is 5.96 Å². The van der Waals surface area contributed by atoms with Crippen LogP contribution in [0.2, 0.25) is 0 Å². The summed E-state index contributed by atoms with van der Waals surface area (Å²) in [4.78, 5) is 4.40. The Morgan fingerprint density at radius 2 is 2.04 bits per heavy atom. The highest BCUT2D eigenvalue weighted by atomic mass is 127. The van der Waals surface area contributed by atoms with Gasteiger partial charge in [-0.25, -0.2) is 4.99 Å². The Kier molecular flexibility index (Phi) is 9.61. The average Bonchev–Trinajstić information content (AvgIpc) is 3.12. The second kappa shape index (κ2) is 11.2. The summed E-state index contributed by atoms with van der Waals surface area (Å²) in [6, 6.07) is 7.22. The highest BCUT2D eigenvalue weighted by molar-refractivity contribution is 14.0. The van der Waals surface area contributed by atoms with Gasteiger partial charge in [-0.1, -0.05) is 30.3 Å². The van der Waals surface area contributed by atoms with Gasteiger partial charge in [0, 0.05) is 19.2 Å². The van der Waals surface area contributed by atoms with Gasteiger partial charge < -0.3 is 15.2 Å². The lowest BCUT2D eigenvalue weighted by Gasteiger charge is -2.16. The molecule has 0 spiro atoms. The van der Waals surface area contributed by atoms with Crippen molar-refractivity contribution in [2.45, 2.75) is 38.9 Å². The standard InChI is InChI=1S/C18H23F3N4O.HI/c1-3-22-17(24-12-16-8-10-26-25-16)23-9-7-13(2)14-5-4-6-15(11-14)18(19,20)21;/h4-6,8,10-11,13H,3,7,9,12H2,1-2H3,(H2,22,23,24);1H. The quantitative estimate of drug-likeness (QED) is 0.335. The molecule has 2 N–H and O–H groups in total. The first-order chi connectivity index (χ1) is 12.4. The fourth-order valence-corrected chi connectivity index (χ4v) is 2.42. The van der Waals surface area contributed by atoms with E-state index in [1.54, 1.807) is 12.1 Å². The molecule has 0 aliphatic carbocycles. The zero-order valence-corrected chi connectivity index (χ0v) is 17.5. The highest BCUT2D eigenvalue weighted by Crippen LogP contribution is 2.31. The van der Waals surface area contributed by atoms with Crippen molar-refractivity contribution < 1.29 is 17.7 Å². The number of hydrogen-bond acceptors (Lipinski definition) is 3. The molecule has 0 aliphatic rings. The van der Waals surface area contributed by atoms with Crippen LogP contribution in [0.15, 0.2) is 46.1 Å². The third-order valence-electron chi connectivity index (χ3n) is 3.89. The molecule has 0 amide bonds. The second-order valence-corrected chi connectivity index (χ2v) is 5.93. The van der Waals surface area contributed by atoms with Crippen LogP contribution < -0.4 is 10.6 Å². The Hall–Kier alpha value is -1.78. The molecule has 2 aromatic rings. The SMILES string of the molecule is CCNC(=NCc1ccon1)NCCC(C)c1cccc(C(F)(F)F)c1.I. The summed E-state index contributed by atoms with van der Waals surface area (Å²) in [5.74, 6) is 0.620. The smallest absolute Gasteiger partial charge is 0.364 e. The molecule has 9 heteroatoms. The molecule has 1 aromatic heterocycles. The van der Waals surface area contributed by atoms with E-state index in [1.807, 2.05) is 13.8 Å². The molecule has 0 radical (unpaired) electrons. The zero-order valence-electron chi connectivity index (χ0n) is 15.2. The lowest BCUT2D eigenvalue weighted by molar-refractivity contribution is -0.137. The Bertz CT molecular complexity index is 705. The van der Waals surface area contributed by atoms with E-state index in [-0.39, 0.29) is 29.9 Å². The van der Waals surface area contributed by atoms with Crippen LogP contribution >= 0.6 is 24.0 Å². The number of alkyl halides is 3. The largest absolute Gasteiger partial charge is 0.416 e. The van der Waals surface area contributed by atoms with Crippen molar-refractivity contribution in [3.8, 4) is 0 Å². The van der Waals surface area contributed by atoms with E-state index in [0.29, 0.717) is 37.6 Å². The lowest BCUT2D eigenvalue weighted by Crippen LogP contribution is -2.38. The van der Waals surface area contributed by atoms with Gasteiger partial charge in [0.25, 0.3) is 0 Å². The molecule has 2 rings (SSSR count). The molecule has 1 atom stereocenters. The van der Waals surface area contributed by atoms with Crippen LogP contribution in [0, 0.1) is 0 Å². The molecule has 0 saturated heterocycles. The number of halogens is 4. The van der Waals surface area contributed by atoms with E-state index in [2.05, 4.69) is 20.8 Å². The van der Waals surface area contributed by atoms with Crippen molar-refractivity contribution in [3.05, 3.63) is 53.4 Å². The number of hydrogen-bond donors (Lipinski definition) is 2. The summed E-state index contributed by atoms with van der Waals surface area (Å²) in [5, 5.41) is 10.1. The van der Waals surface area contributed by atoms with Gasteiger partial charge >= 0.3 is 6.18 Å². The molecule has 0 bridgehead atoms. The molecule has 27 heavy (non-hydrogen) atoms. The minimum absolute atomic E-state index is 0. The molecule has 0 fully saturated rings. The molecule has 1 unspecified atom stereocenters. The van der Waals surface area contributed by atoms with Gasteiger partial charge in [-0.3, -0.25) is 0 Å². The van der Waals surface area contributed by atoms with Crippen LogP contribution in [-0.4, -0.2) is 24.2 Å². The van der Waals surface area contributed by atoms with Crippen molar-refractivity contribution >= 4 is 29.9 Å². The first kappa shape index (κ1) is 23.3. The summed E-state index contributed by atoms with van der Waals surface area (Å²) in [5.41, 5.74) is 0.781. The molecule has 150 valence electrons. The first-order valence-corrected chi connectivity index (χ1v) is 8.48. The van der Waals surface area contributed by atoms with Crippen molar-refractivity contribution in [1.82, 2.24) is 15.8 Å². The first-order valence-electron chi connectivity index (χ1n) is 8.48. The fourth-order valence-electron chi connectivity index (χ4n) is 2.42. The maximum atomic E-state index is 12.8. The lowest BCUT2D eigenvalue weighted by atomic mass is 9.96.